The molecule has 46 heavy (non-hydrogen) atoms. The Labute approximate surface area is 266 Å². The van der Waals surface area contributed by atoms with Crippen LogP contribution in [0.15, 0.2) is 73.1 Å². The van der Waals surface area contributed by atoms with Crippen molar-refractivity contribution in [2.45, 2.75) is 82.2 Å². The average molecular weight is 636 g/mol. The van der Waals surface area contributed by atoms with Crippen LogP contribution in [0.2, 0.25) is 0 Å². The van der Waals surface area contributed by atoms with Crippen molar-refractivity contribution in [1.82, 2.24) is 20.9 Å². The molecule has 0 aliphatic heterocycles. The summed E-state index contributed by atoms with van der Waals surface area (Å²) in [6.07, 6.45) is 2.02. The summed E-state index contributed by atoms with van der Waals surface area (Å²) in [6.45, 7) is 2.03. The van der Waals surface area contributed by atoms with Gasteiger partial charge in [-0.3, -0.25) is 19.4 Å². The lowest BCUT2D eigenvalue weighted by molar-refractivity contribution is -0.125. The molecule has 0 unspecified atom stereocenters. The molecule has 0 saturated carbocycles. The SMILES string of the molecule is CCCCCC[C@@H](NC(=O)c1cccnc1)C(=O)N[C@H](Cc1cc(F)cc(F)c1)[C@@H](O)[C@H](O)[C@H](CC#N)NC(=O)c1ccccc1. The highest BCUT2D eigenvalue weighted by Crippen LogP contribution is 2.17. The number of aliphatic hydroxyl groups excluding tert-OH is 2. The third-order valence-corrected chi connectivity index (χ3v) is 7.44. The molecule has 0 spiro atoms. The van der Waals surface area contributed by atoms with Crippen LogP contribution in [-0.4, -0.2) is 63.3 Å². The van der Waals surface area contributed by atoms with Crippen molar-refractivity contribution in [3.63, 3.8) is 0 Å². The van der Waals surface area contributed by atoms with Crippen LogP contribution in [0.4, 0.5) is 8.78 Å². The first-order chi connectivity index (χ1) is 22.1. The van der Waals surface area contributed by atoms with Crippen LogP contribution in [0.1, 0.15) is 71.7 Å². The molecule has 244 valence electrons. The van der Waals surface area contributed by atoms with E-state index in [0.29, 0.717) is 12.5 Å². The van der Waals surface area contributed by atoms with Gasteiger partial charge in [-0.1, -0.05) is 50.8 Å². The molecule has 5 N–H and O–H groups in total. The number of aromatic nitrogens is 1. The maximum atomic E-state index is 14.1. The van der Waals surface area contributed by atoms with E-state index in [1.54, 1.807) is 24.3 Å². The lowest BCUT2D eigenvalue weighted by Crippen LogP contribution is -2.59. The molecule has 10 nitrogen and oxygen atoms in total. The van der Waals surface area contributed by atoms with Crippen molar-refractivity contribution in [2.75, 3.05) is 0 Å². The number of carbonyl (C=O) groups is 3. The standard InChI is InChI=1S/C34H39F2N5O5/c1-2-3-4-8-13-28(40-33(45)24-12-9-16-38-21-24)34(46)41-29(19-22-17-25(35)20-26(36)18-22)31(43)30(42)27(14-15-37)39-32(44)23-10-6-5-7-11-23/h5-7,9-12,16-18,20-21,27-31,42-43H,2-4,8,13-14,19H2,1H3,(H,39,44)(H,40,45)(H,41,46)/t27-,28+,29+,30+,31+/m0/s1. The number of halogens is 2. The minimum Gasteiger partial charge on any atom is -0.388 e. The maximum Gasteiger partial charge on any atom is 0.253 e. The van der Waals surface area contributed by atoms with Gasteiger partial charge in [0.05, 0.1) is 30.1 Å². The first-order valence-corrected chi connectivity index (χ1v) is 15.2. The monoisotopic (exact) mass is 635 g/mol. The Bertz CT molecular complexity index is 1450. The summed E-state index contributed by atoms with van der Waals surface area (Å²) in [5.41, 5.74) is 0.546. The van der Waals surface area contributed by atoms with Crippen LogP contribution in [0.25, 0.3) is 0 Å². The maximum absolute atomic E-state index is 14.1. The first kappa shape index (κ1) is 35.7. The predicted octanol–water partition coefficient (Wildman–Crippen LogP) is 3.59. The van der Waals surface area contributed by atoms with Crippen molar-refractivity contribution in [3.8, 4) is 6.07 Å². The van der Waals surface area contributed by atoms with Gasteiger partial charge < -0.3 is 26.2 Å². The molecule has 3 amide bonds. The van der Waals surface area contributed by atoms with Gasteiger partial charge >= 0.3 is 0 Å². The number of benzene rings is 2. The number of nitrogens with one attached hydrogen (secondary N) is 3. The molecular weight excluding hydrogens is 596 g/mol. The van der Waals surface area contributed by atoms with E-state index in [1.165, 1.54) is 30.6 Å². The fourth-order valence-corrected chi connectivity index (χ4v) is 4.98. The summed E-state index contributed by atoms with van der Waals surface area (Å²) in [5, 5.41) is 39.9. The highest BCUT2D eigenvalue weighted by Gasteiger charge is 2.36. The zero-order valence-corrected chi connectivity index (χ0v) is 25.5. The van der Waals surface area contributed by atoms with Crippen LogP contribution in [0.3, 0.4) is 0 Å². The summed E-state index contributed by atoms with van der Waals surface area (Å²) in [5.74, 6) is -3.63. The molecule has 1 aromatic heterocycles. The minimum absolute atomic E-state index is 0.0677. The molecule has 0 saturated heterocycles. The molecule has 0 radical (unpaired) electrons. The van der Waals surface area contributed by atoms with Crippen LogP contribution < -0.4 is 16.0 Å². The van der Waals surface area contributed by atoms with Crippen LogP contribution in [0.5, 0.6) is 0 Å². The molecular formula is C34H39F2N5O5. The van der Waals surface area contributed by atoms with Gasteiger partial charge in [0.25, 0.3) is 11.8 Å². The van der Waals surface area contributed by atoms with E-state index < -0.39 is 66.1 Å². The number of amides is 3. The van der Waals surface area contributed by atoms with Crippen molar-refractivity contribution in [3.05, 3.63) is 101 Å². The van der Waals surface area contributed by atoms with E-state index in [-0.39, 0.29) is 29.5 Å². The van der Waals surface area contributed by atoms with Gasteiger partial charge in [0.15, 0.2) is 0 Å². The van der Waals surface area contributed by atoms with Crippen LogP contribution in [0, 0.1) is 23.0 Å². The largest absolute Gasteiger partial charge is 0.388 e. The normalized spacial score (nSPS) is 14.2. The van der Waals surface area contributed by atoms with E-state index in [4.69, 9.17) is 0 Å². The van der Waals surface area contributed by atoms with E-state index in [2.05, 4.69) is 20.9 Å². The third kappa shape index (κ3) is 11.0. The number of hydrogen-bond donors (Lipinski definition) is 5. The number of aliphatic hydroxyl groups is 2. The van der Waals surface area contributed by atoms with E-state index in [1.807, 2.05) is 13.0 Å². The average Bonchev–Trinajstić information content (AvgIpc) is 3.05. The summed E-state index contributed by atoms with van der Waals surface area (Å²) < 4.78 is 28.2. The van der Waals surface area contributed by atoms with Gasteiger partial charge in [-0.25, -0.2) is 8.78 Å². The number of unbranched alkanes of at least 4 members (excludes halogenated alkanes) is 3. The predicted molar refractivity (Wildman–Crippen MR) is 166 cm³/mol. The quantitative estimate of drug-likeness (QED) is 0.142. The molecule has 0 bridgehead atoms. The Hall–Kier alpha value is -4.73. The lowest BCUT2D eigenvalue weighted by Gasteiger charge is -2.33. The number of hydrogen-bond acceptors (Lipinski definition) is 7. The minimum atomic E-state index is -1.82. The molecule has 5 atom stereocenters. The molecule has 0 aliphatic carbocycles. The second kappa shape index (κ2) is 18.3. The molecule has 12 heteroatoms. The number of nitrogens with zero attached hydrogens (tertiary/aromatic N) is 2. The Morgan fingerprint density at radius 1 is 0.848 bits per heavy atom. The smallest absolute Gasteiger partial charge is 0.253 e. The zero-order valence-electron chi connectivity index (χ0n) is 25.5. The summed E-state index contributed by atoms with van der Waals surface area (Å²) >= 11 is 0. The Kier molecular flexibility index (Phi) is 14.2. The summed E-state index contributed by atoms with van der Waals surface area (Å²) in [7, 11) is 0. The van der Waals surface area contributed by atoms with Gasteiger partial charge in [-0.2, -0.15) is 5.26 Å². The first-order valence-electron chi connectivity index (χ1n) is 15.2. The number of pyridine rings is 1. The molecule has 3 aromatic rings. The third-order valence-electron chi connectivity index (χ3n) is 7.44. The van der Waals surface area contributed by atoms with E-state index in [0.717, 1.165) is 31.4 Å². The highest BCUT2D eigenvalue weighted by molar-refractivity contribution is 5.97. The second-order valence-electron chi connectivity index (χ2n) is 11.0. The van der Waals surface area contributed by atoms with E-state index >= 15 is 0 Å². The van der Waals surface area contributed by atoms with Crippen LogP contribution >= 0.6 is 0 Å². The second-order valence-corrected chi connectivity index (χ2v) is 11.0. The Balaban J connectivity index is 1.88. The van der Waals surface area contributed by atoms with Gasteiger partial charge in [-0.15, -0.1) is 0 Å². The highest BCUT2D eigenvalue weighted by atomic mass is 19.1. The summed E-state index contributed by atoms with van der Waals surface area (Å²) in [4.78, 5) is 43.4. The van der Waals surface area contributed by atoms with Crippen LogP contribution in [-0.2, 0) is 11.2 Å². The molecule has 2 aromatic carbocycles. The van der Waals surface area contributed by atoms with Gasteiger partial charge in [0.1, 0.15) is 29.9 Å². The lowest BCUT2D eigenvalue weighted by atomic mass is 9.92. The zero-order chi connectivity index (χ0) is 33.5. The van der Waals surface area contributed by atoms with Crippen molar-refractivity contribution < 1.29 is 33.4 Å². The number of rotatable bonds is 17. The van der Waals surface area contributed by atoms with Crippen molar-refractivity contribution in [2.24, 2.45) is 0 Å². The van der Waals surface area contributed by atoms with Crippen molar-refractivity contribution in [1.29, 1.82) is 5.26 Å². The van der Waals surface area contributed by atoms with Gasteiger partial charge in [0.2, 0.25) is 5.91 Å². The number of carbonyl (C=O) groups excluding carboxylic acids is 3. The number of nitriles is 1. The topological polar surface area (TPSA) is 164 Å². The molecule has 0 fully saturated rings. The van der Waals surface area contributed by atoms with Gasteiger partial charge in [-0.05, 0) is 54.8 Å². The summed E-state index contributed by atoms with van der Waals surface area (Å²) in [6, 6.07) is 12.1. The fourth-order valence-electron chi connectivity index (χ4n) is 4.98. The Morgan fingerprint density at radius 2 is 1.50 bits per heavy atom. The van der Waals surface area contributed by atoms with Crippen molar-refractivity contribution >= 4 is 17.7 Å². The van der Waals surface area contributed by atoms with Gasteiger partial charge in [0, 0.05) is 24.0 Å². The fraction of sp³-hybridized carbons (Fsp3) is 0.382. The van der Waals surface area contributed by atoms with E-state index in [9.17, 15) is 38.6 Å². The molecule has 1 heterocycles. The molecule has 3 rings (SSSR count). The molecule has 0 aliphatic rings. The Morgan fingerprint density at radius 3 is 2.13 bits per heavy atom.